The molecular weight excluding hydrogens is 124 g/mol. The van der Waals surface area contributed by atoms with Gasteiger partial charge in [0.05, 0.1) is 0 Å². The standard InChI is InChI=1S/C8H12N2/c1-7-3-5-10-8(6-7)2-4-9-10/h2,4,7H,3,5-6H2,1H3. The Morgan fingerprint density at radius 2 is 2.60 bits per heavy atom. The van der Waals surface area contributed by atoms with Crippen LogP contribution in [0.2, 0.25) is 0 Å². The fourth-order valence-corrected chi connectivity index (χ4v) is 1.54. The Labute approximate surface area is 60.9 Å². The molecule has 1 aliphatic heterocycles. The van der Waals surface area contributed by atoms with Crippen LogP contribution < -0.4 is 0 Å². The maximum absolute atomic E-state index is 4.21. The smallest absolute Gasteiger partial charge is 0.0492 e. The van der Waals surface area contributed by atoms with Gasteiger partial charge in [-0.25, -0.2) is 0 Å². The van der Waals surface area contributed by atoms with Gasteiger partial charge in [-0.1, -0.05) is 6.92 Å². The number of hydrogen-bond donors (Lipinski definition) is 0. The number of nitrogens with zero attached hydrogens (tertiary/aromatic N) is 2. The van der Waals surface area contributed by atoms with Crippen LogP contribution in [0.25, 0.3) is 0 Å². The first-order chi connectivity index (χ1) is 4.86. The first kappa shape index (κ1) is 5.96. The van der Waals surface area contributed by atoms with Crippen molar-refractivity contribution in [2.24, 2.45) is 5.92 Å². The molecule has 1 aromatic heterocycles. The summed E-state index contributed by atoms with van der Waals surface area (Å²) in [6, 6.07) is 2.12. The first-order valence-corrected chi connectivity index (χ1v) is 3.87. The molecule has 1 aliphatic rings. The zero-order chi connectivity index (χ0) is 6.97. The van der Waals surface area contributed by atoms with E-state index in [9.17, 15) is 0 Å². The lowest BCUT2D eigenvalue weighted by Crippen LogP contribution is -2.17. The van der Waals surface area contributed by atoms with E-state index in [0.29, 0.717) is 0 Å². The first-order valence-electron chi connectivity index (χ1n) is 3.87. The van der Waals surface area contributed by atoms with E-state index in [4.69, 9.17) is 0 Å². The maximum Gasteiger partial charge on any atom is 0.0492 e. The largest absolute Gasteiger partial charge is 0.270 e. The molecule has 0 saturated heterocycles. The van der Waals surface area contributed by atoms with Gasteiger partial charge in [0.25, 0.3) is 0 Å². The van der Waals surface area contributed by atoms with Gasteiger partial charge in [0.1, 0.15) is 0 Å². The monoisotopic (exact) mass is 136 g/mol. The average molecular weight is 136 g/mol. The molecule has 0 aromatic carbocycles. The Morgan fingerprint density at radius 1 is 1.70 bits per heavy atom. The van der Waals surface area contributed by atoms with E-state index in [1.54, 1.807) is 0 Å². The molecule has 2 nitrogen and oxygen atoms in total. The summed E-state index contributed by atoms with van der Waals surface area (Å²) in [5, 5.41) is 4.21. The molecule has 0 fully saturated rings. The summed E-state index contributed by atoms with van der Waals surface area (Å²) in [6.07, 6.45) is 4.39. The van der Waals surface area contributed by atoms with E-state index in [-0.39, 0.29) is 0 Å². The zero-order valence-electron chi connectivity index (χ0n) is 6.25. The summed E-state index contributed by atoms with van der Waals surface area (Å²) in [5.74, 6) is 0.851. The Bertz CT molecular complexity index is 227. The van der Waals surface area contributed by atoms with Gasteiger partial charge in [-0.3, -0.25) is 4.68 Å². The van der Waals surface area contributed by atoms with Gasteiger partial charge in [0.15, 0.2) is 0 Å². The van der Waals surface area contributed by atoms with Crippen molar-refractivity contribution >= 4 is 0 Å². The lowest BCUT2D eigenvalue weighted by atomic mass is 9.99. The molecular formula is C8H12N2. The van der Waals surface area contributed by atoms with Crippen LogP contribution in [0.3, 0.4) is 0 Å². The van der Waals surface area contributed by atoms with Crippen molar-refractivity contribution in [3.63, 3.8) is 0 Å². The van der Waals surface area contributed by atoms with Crippen molar-refractivity contribution in [1.29, 1.82) is 0 Å². The lowest BCUT2D eigenvalue weighted by Gasteiger charge is -2.18. The minimum atomic E-state index is 0.851. The van der Waals surface area contributed by atoms with E-state index in [1.807, 2.05) is 6.20 Å². The zero-order valence-corrected chi connectivity index (χ0v) is 6.25. The molecule has 0 aliphatic carbocycles. The summed E-state index contributed by atoms with van der Waals surface area (Å²) in [5.41, 5.74) is 1.40. The molecule has 2 heterocycles. The van der Waals surface area contributed by atoms with E-state index >= 15 is 0 Å². The molecule has 0 radical (unpaired) electrons. The molecule has 0 saturated carbocycles. The third kappa shape index (κ3) is 0.838. The van der Waals surface area contributed by atoms with Crippen molar-refractivity contribution in [1.82, 2.24) is 9.78 Å². The molecule has 2 heteroatoms. The van der Waals surface area contributed by atoms with Gasteiger partial charge in [-0.15, -0.1) is 0 Å². The molecule has 2 rings (SSSR count). The van der Waals surface area contributed by atoms with Crippen molar-refractivity contribution < 1.29 is 0 Å². The molecule has 1 aromatic rings. The van der Waals surface area contributed by atoms with Crippen LogP contribution in [0, 0.1) is 5.92 Å². The van der Waals surface area contributed by atoms with Crippen molar-refractivity contribution in [2.75, 3.05) is 0 Å². The van der Waals surface area contributed by atoms with Crippen LogP contribution in [0.15, 0.2) is 12.3 Å². The predicted octanol–water partition coefficient (Wildman–Crippen LogP) is 1.47. The van der Waals surface area contributed by atoms with Crippen LogP contribution in [0.5, 0.6) is 0 Å². The van der Waals surface area contributed by atoms with Crippen LogP contribution in [0.4, 0.5) is 0 Å². The highest BCUT2D eigenvalue weighted by molar-refractivity contribution is 5.03. The number of rotatable bonds is 0. The Balaban J connectivity index is 2.30. The molecule has 0 N–H and O–H groups in total. The second-order valence-electron chi connectivity index (χ2n) is 3.14. The highest BCUT2D eigenvalue weighted by Crippen LogP contribution is 2.17. The normalized spacial score (nSPS) is 24.3. The second-order valence-corrected chi connectivity index (χ2v) is 3.14. The van der Waals surface area contributed by atoms with Gasteiger partial charge >= 0.3 is 0 Å². The fraction of sp³-hybridized carbons (Fsp3) is 0.625. The highest BCUT2D eigenvalue weighted by atomic mass is 15.3. The topological polar surface area (TPSA) is 17.8 Å². The Morgan fingerprint density at radius 3 is 3.50 bits per heavy atom. The SMILES string of the molecule is CC1CCn2nccc2C1. The van der Waals surface area contributed by atoms with E-state index < -0.39 is 0 Å². The molecule has 10 heavy (non-hydrogen) atoms. The van der Waals surface area contributed by atoms with Gasteiger partial charge in [0, 0.05) is 18.4 Å². The van der Waals surface area contributed by atoms with Crippen LogP contribution in [0.1, 0.15) is 19.0 Å². The summed E-state index contributed by atoms with van der Waals surface area (Å²) in [7, 11) is 0. The summed E-state index contributed by atoms with van der Waals surface area (Å²) in [6.45, 7) is 3.42. The molecule has 1 atom stereocenters. The van der Waals surface area contributed by atoms with E-state index in [2.05, 4.69) is 22.8 Å². The van der Waals surface area contributed by atoms with Gasteiger partial charge in [-0.2, -0.15) is 5.10 Å². The molecule has 1 unspecified atom stereocenters. The third-order valence-corrected chi connectivity index (χ3v) is 2.20. The van der Waals surface area contributed by atoms with Gasteiger partial charge in [0.2, 0.25) is 0 Å². The lowest BCUT2D eigenvalue weighted by molar-refractivity contribution is 0.391. The van der Waals surface area contributed by atoms with Crippen LogP contribution >= 0.6 is 0 Å². The Kier molecular flexibility index (Phi) is 1.26. The van der Waals surface area contributed by atoms with Crippen LogP contribution in [-0.4, -0.2) is 9.78 Å². The van der Waals surface area contributed by atoms with Gasteiger partial charge < -0.3 is 0 Å². The number of hydrogen-bond acceptors (Lipinski definition) is 1. The number of fused-ring (bicyclic) bond motifs is 1. The molecule has 54 valence electrons. The fourth-order valence-electron chi connectivity index (χ4n) is 1.54. The molecule has 0 spiro atoms. The minimum absolute atomic E-state index is 0.851. The van der Waals surface area contributed by atoms with Crippen LogP contribution in [-0.2, 0) is 13.0 Å². The van der Waals surface area contributed by atoms with E-state index in [1.165, 1.54) is 18.5 Å². The van der Waals surface area contributed by atoms with Crippen molar-refractivity contribution in [3.05, 3.63) is 18.0 Å². The summed E-state index contributed by atoms with van der Waals surface area (Å²) >= 11 is 0. The van der Waals surface area contributed by atoms with E-state index in [0.717, 1.165) is 12.5 Å². The van der Waals surface area contributed by atoms with Crippen molar-refractivity contribution in [3.8, 4) is 0 Å². The molecule has 0 amide bonds. The predicted molar refractivity (Wildman–Crippen MR) is 39.7 cm³/mol. The summed E-state index contributed by atoms with van der Waals surface area (Å²) in [4.78, 5) is 0. The van der Waals surface area contributed by atoms with Crippen molar-refractivity contribution in [2.45, 2.75) is 26.3 Å². The van der Waals surface area contributed by atoms with Gasteiger partial charge in [-0.05, 0) is 24.8 Å². The number of aromatic nitrogens is 2. The average Bonchev–Trinajstić information content (AvgIpc) is 2.33. The second kappa shape index (κ2) is 2.11. The maximum atomic E-state index is 4.21. The highest BCUT2D eigenvalue weighted by Gasteiger charge is 2.13. The Hall–Kier alpha value is -0.790. The summed E-state index contributed by atoms with van der Waals surface area (Å²) < 4.78 is 2.11. The third-order valence-electron chi connectivity index (χ3n) is 2.20. The molecule has 0 bridgehead atoms. The minimum Gasteiger partial charge on any atom is -0.270 e. The number of aryl methyl sites for hydroxylation is 1. The quantitative estimate of drug-likeness (QED) is 0.528.